The Labute approximate surface area is 139 Å². The van der Waals surface area contributed by atoms with E-state index in [1.54, 1.807) is 4.31 Å². The van der Waals surface area contributed by atoms with Gasteiger partial charge >= 0.3 is 6.29 Å². The first-order valence-electron chi connectivity index (χ1n) is 8.16. The fourth-order valence-corrected chi connectivity index (χ4v) is 5.85. The Hall–Kier alpha value is -1.41. The molecule has 2 heterocycles. The maximum absolute atomic E-state index is 13.1. The Morgan fingerprint density at radius 3 is 2.58 bits per heavy atom. The number of rotatable bonds is 3. The van der Waals surface area contributed by atoms with Crippen molar-refractivity contribution in [2.24, 2.45) is 5.41 Å². The van der Waals surface area contributed by atoms with Crippen molar-refractivity contribution in [2.75, 3.05) is 6.54 Å². The van der Waals surface area contributed by atoms with Crippen LogP contribution in [0.3, 0.4) is 0 Å². The highest BCUT2D eigenvalue weighted by Gasteiger charge is 2.51. The molecule has 1 aromatic carbocycles. The Balaban J connectivity index is 1.66. The predicted molar refractivity (Wildman–Crippen MR) is 81.5 cm³/mol. The second-order valence-electron chi connectivity index (χ2n) is 6.95. The zero-order chi connectivity index (χ0) is 17.2. The smallest absolute Gasteiger partial charge is 0.395 e. The number of alkyl halides is 2. The Bertz CT molecular complexity index is 776. The normalized spacial score (nSPS) is 27.4. The minimum absolute atomic E-state index is 0.0302. The summed E-state index contributed by atoms with van der Waals surface area (Å²) in [6.45, 7) is 2.49. The van der Waals surface area contributed by atoms with Crippen LogP contribution in [0.15, 0.2) is 23.1 Å². The van der Waals surface area contributed by atoms with Crippen LogP contribution in [0, 0.1) is 5.41 Å². The van der Waals surface area contributed by atoms with Crippen molar-refractivity contribution in [1.29, 1.82) is 0 Å². The number of benzene rings is 1. The fourth-order valence-electron chi connectivity index (χ4n) is 4.02. The van der Waals surface area contributed by atoms with Gasteiger partial charge in [0.1, 0.15) is 0 Å². The van der Waals surface area contributed by atoms with Crippen molar-refractivity contribution in [1.82, 2.24) is 4.31 Å². The number of hydrogen-bond acceptors (Lipinski definition) is 4. The summed E-state index contributed by atoms with van der Waals surface area (Å²) in [6, 6.07) is 3.61. The summed E-state index contributed by atoms with van der Waals surface area (Å²) >= 11 is 0. The fraction of sp³-hybridized carbons (Fsp3) is 0.625. The molecule has 0 aromatic heterocycles. The van der Waals surface area contributed by atoms with E-state index in [4.69, 9.17) is 0 Å². The van der Waals surface area contributed by atoms with Crippen LogP contribution in [0.1, 0.15) is 39.0 Å². The van der Waals surface area contributed by atoms with E-state index in [-0.39, 0.29) is 27.9 Å². The van der Waals surface area contributed by atoms with E-state index in [2.05, 4.69) is 9.47 Å². The topological polar surface area (TPSA) is 55.8 Å². The summed E-state index contributed by atoms with van der Waals surface area (Å²) in [6.07, 6.45) is 1.13. The molecule has 24 heavy (non-hydrogen) atoms. The molecule has 2 aliphatic heterocycles. The Kier molecular flexibility index (Phi) is 3.38. The van der Waals surface area contributed by atoms with Gasteiger partial charge < -0.3 is 9.47 Å². The van der Waals surface area contributed by atoms with Crippen molar-refractivity contribution < 1.29 is 26.7 Å². The average Bonchev–Trinajstić information content (AvgIpc) is 3.02. The largest absolute Gasteiger partial charge is 0.586 e. The molecule has 0 bridgehead atoms. The Morgan fingerprint density at radius 1 is 1.25 bits per heavy atom. The highest BCUT2D eigenvalue weighted by molar-refractivity contribution is 7.89. The quantitative estimate of drug-likeness (QED) is 0.830. The van der Waals surface area contributed by atoms with Crippen molar-refractivity contribution in [3.8, 4) is 11.5 Å². The van der Waals surface area contributed by atoms with Crippen LogP contribution in [0.4, 0.5) is 8.78 Å². The van der Waals surface area contributed by atoms with E-state index < -0.39 is 16.3 Å². The van der Waals surface area contributed by atoms with Gasteiger partial charge in [-0.2, -0.15) is 4.31 Å². The first kappa shape index (κ1) is 16.1. The van der Waals surface area contributed by atoms with Crippen molar-refractivity contribution in [2.45, 2.75) is 56.3 Å². The molecule has 1 saturated carbocycles. The molecule has 2 fully saturated rings. The van der Waals surface area contributed by atoms with Gasteiger partial charge in [0.2, 0.25) is 10.0 Å². The van der Waals surface area contributed by atoms with Crippen LogP contribution in [0.2, 0.25) is 0 Å². The molecule has 5 nitrogen and oxygen atoms in total. The lowest BCUT2D eigenvalue weighted by atomic mass is 9.67. The molecule has 1 unspecified atom stereocenters. The van der Waals surface area contributed by atoms with Gasteiger partial charge in [-0.25, -0.2) is 8.42 Å². The molecular weight excluding hydrogens is 340 g/mol. The minimum atomic E-state index is -3.75. The SMILES string of the molecule is CCC1CC2(CCC2)CN1S(=O)(=O)c1ccc2c(c1)OC(F)(F)O2. The molecule has 1 saturated heterocycles. The zero-order valence-corrected chi connectivity index (χ0v) is 14.1. The summed E-state index contributed by atoms with van der Waals surface area (Å²) < 4.78 is 62.6. The third-order valence-corrected chi connectivity index (χ3v) is 7.33. The van der Waals surface area contributed by atoms with Crippen molar-refractivity contribution in [3.63, 3.8) is 0 Å². The van der Waals surface area contributed by atoms with Crippen LogP contribution >= 0.6 is 0 Å². The standard InChI is InChI=1S/C16H19F2NO4S/c1-2-11-9-15(6-3-7-15)10-19(11)24(20,21)12-4-5-13-14(8-12)23-16(17,18)22-13/h4-5,8,11H,2-3,6-7,9-10H2,1H3. The van der Waals surface area contributed by atoms with Gasteiger partial charge in [0, 0.05) is 18.7 Å². The van der Waals surface area contributed by atoms with Gasteiger partial charge in [-0.3, -0.25) is 0 Å². The zero-order valence-electron chi connectivity index (χ0n) is 13.3. The van der Waals surface area contributed by atoms with Gasteiger partial charge in [0.25, 0.3) is 0 Å². The Morgan fingerprint density at radius 2 is 1.96 bits per heavy atom. The second-order valence-corrected chi connectivity index (χ2v) is 8.84. The van der Waals surface area contributed by atoms with E-state index in [9.17, 15) is 17.2 Å². The van der Waals surface area contributed by atoms with Crippen LogP contribution in [-0.4, -0.2) is 31.6 Å². The van der Waals surface area contributed by atoms with Gasteiger partial charge in [0.15, 0.2) is 11.5 Å². The number of fused-ring (bicyclic) bond motifs is 1. The summed E-state index contributed by atoms with van der Waals surface area (Å²) in [7, 11) is -3.75. The van der Waals surface area contributed by atoms with Crippen LogP contribution in [0.25, 0.3) is 0 Å². The maximum Gasteiger partial charge on any atom is 0.586 e. The molecular formula is C16H19F2NO4S. The molecule has 0 amide bonds. The summed E-state index contributed by atoms with van der Waals surface area (Å²) in [5.74, 6) is -0.394. The molecule has 1 atom stereocenters. The molecule has 1 aliphatic carbocycles. The molecule has 3 aliphatic rings. The van der Waals surface area contributed by atoms with E-state index in [0.717, 1.165) is 38.2 Å². The highest BCUT2D eigenvalue weighted by Crippen LogP contribution is 2.52. The van der Waals surface area contributed by atoms with E-state index in [1.807, 2.05) is 6.92 Å². The second kappa shape index (κ2) is 5.05. The lowest BCUT2D eigenvalue weighted by molar-refractivity contribution is -0.286. The monoisotopic (exact) mass is 359 g/mol. The van der Waals surface area contributed by atoms with Crippen LogP contribution in [0.5, 0.6) is 11.5 Å². The molecule has 1 aromatic rings. The number of halogens is 2. The number of hydrogen-bond donors (Lipinski definition) is 0. The van der Waals surface area contributed by atoms with Gasteiger partial charge in [0.05, 0.1) is 4.90 Å². The number of sulfonamides is 1. The first-order chi connectivity index (χ1) is 11.2. The average molecular weight is 359 g/mol. The van der Waals surface area contributed by atoms with Crippen LogP contribution < -0.4 is 9.47 Å². The third-order valence-electron chi connectivity index (χ3n) is 5.43. The number of nitrogens with zero attached hydrogens (tertiary/aromatic N) is 1. The van der Waals surface area contributed by atoms with Crippen LogP contribution in [-0.2, 0) is 10.0 Å². The summed E-state index contributed by atoms with van der Waals surface area (Å²) in [5, 5.41) is 0. The molecule has 4 rings (SSSR count). The molecule has 0 radical (unpaired) electrons. The van der Waals surface area contributed by atoms with Gasteiger partial charge in [-0.15, -0.1) is 8.78 Å². The number of ether oxygens (including phenoxy) is 2. The van der Waals surface area contributed by atoms with Crippen molar-refractivity contribution >= 4 is 10.0 Å². The van der Waals surface area contributed by atoms with Gasteiger partial charge in [-0.05, 0) is 43.2 Å². The predicted octanol–water partition coefficient (Wildman–Crippen LogP) is 3.35. The van der Waals surface area contributed by atoms with Gasteiger partial charge in [-0.1, -0.05) is 13.3 Å². The molecule has 8 heteroatoms. The van der Waals surface area contributed by atoms with E-state index in [0.29, 0.717) is 6.54 Å². The van der Waals surface area contributed by atoms with E-state index in [1.165, 1.54) is 12.1 Å². The lowest BCUT2D eigenvalue weighted by Crippen LogP contribution is -2.37. The van der Waals surface area contributed by atoms with E-state index >= 15 is 0 Å². The molecule has 132 valence electrons. The molecule has 1 spiro atoms. The maximum atomic E-state index is 13.1. The lowest BCUT2D eigenvalue weighted by Gasteiger charge is -2.38. The van der Waals surface area contributed by atoms with Crippen molar-refractivity contribution in [3.05, 3.63) is 18.2 Å². The minimum Gasteiger partial charge on any atom is -0.395 e. The summed E-state index contributed by atoms with van der Waals surface area (Å²) in [5.41, 5.74) is 0.108. The highest BCUT2D eigenvalue weighted by atomic mass is 32.2. The molecule has 0 N–H and O–H groups in total. The summed E-state index contributed by atoms with van der Waals surface area (Å²) in [4.78, 5) is -0.0302. The third kappa shape index (κ3) is 2.38. The first-order valence-corrected chi connectivity index (χ1v) is 9.60.